The summed E-state index contributed by atoms with van der Waals surface area (Å²) in [6, 6.07) is 5.77. The number of likely N-dealkylation sites (N-methyl/N-ethyl adjacent to an activating group) is 1. The maximum Gasteiger partial charge on any atom is 0.410 e. The van der Waals surface area contributed by atoms with E-state index < -0.39 is 132 Å². The third-order valence-corrected chi connectivity index (χ3v) is 12.1. The summed E-state index contributed by atoms with van der Waals surface area (Å²) in [6.45, 7) is 8.94. The van der Waals surface area contributed by atoms with Crippen LogP contribution in [-0.4, -0.2) is 165 Å². The van der Waals surface area contributed by atoms with E-state index in [0.717, 1.165) is 4.90 Å². The average molecular weight is 1060 g/mol. The number of nitrogens with zero attached hydrogens (tertiary/aromatic N) is 3. The summed E-state index contributed by atoms with van der Waals surface area (Å²) in [7, 11) is 1.28. The molecule has 1 saturated heterocycles. The van der Waals surface area contributed by atoms with E-state index >= 15 is 0 Å². The monoisotopic (exact) mass is 1060 g/mol. The quantitative estimate of drug-likeness (QED) is 0.0475. The molecule has 10 N–H and O–H groups in total. The number of carbonyl (C=O) groups excluding carboxylic acids is 5. The number of aliphatic hydroxyl groups excluding tert-OH is 3. The van der Waals surface area contributed by atoms with Gasteiger partial charge in [-0.25, -0.2) is 19.2 Å². The molecule has 5 rings (SSSR count). The molecular formula is C48H68N8O19. The van der Waals surface area contributed by atoms with Gasteiger partial charge in [-0.15, -0.1) is 4.91 Å². The minimum Gasteiger partial charge on any atom is -0.491 e. The van der Waals surface area contributed by atoms with Crippen LogP contribution >= 0.6 is 0 Å². The maximum atomic E-state index is 13.9. The molecule has 1 unspecified atom stereocenters. The first-order chi connectivity index (χ1) is 35.1. The second kappa shape index (κ2) is 25.2. The molecule has 1 saturated carbocycles. The van der Waals surface area contributed by atoms with Crippen LogP contribution in [0.1, 0.15) is 72.4 Å². The van der Waals surface area contributed by atoms with Gasteiger partial charge in [-0.05, 0) is 108 Å². The molecule has 12 atom stereocenters. The topological polar surface area (TPSA) is 381 Å². The number of hydrogen-bond acceptors (Lipinski definition) is 21. The summed E-state index contributed by atoms with van der Waals surface area (Å²) in [5.41, 5.74) is 3.01. The van der Waals surface area contributed by atoms with Crippen LogP contribution in [0.3, 0.4) is 0 Å². The van der Waals surface area contributed by atoms with Crippen LogP contribution in [0, 0.1) is 20.9 Å². The lowest BCUT2D eigenvalue weighted by molar-refractivity contribution is -0.384. The number of alkyl carbamates (subject to hydrolysis) is 3. The van der Waals surface area contributed by atoms with Gasteiger partial charge in [-0.1, -0.05) is 12.1 Å². The van der Waals surface area contributed by atoms with E-state index in [-0.39, 0.29) is 49.7 Å². The molecule has 1 aliphatic carbocycles. The number of benzene rings is 2. The summed E-state index contributed by atoms with van der Waals surface area (Å²) in [5.74, 6) is -2.29. The first-order valence-electron chi connectivity index (χ1n) is 23.9. The third-order valence-electron chi connectivity index (χ3n) is 12.1. The van der Waals surface area contributed by atoms with E-state index in [9.17, 15) is 59.4 Å². The fourth-order valence-corrected chi connectivity index (χ4v) is 8.71. The van der Waals surface area contributed by atoms with Crippen molar-refractivity contribution in [3.63, 3.8) is 0 Å². The highest BCUT2D eigenvalue weighted by Gasteiger charge is 2.56. The van der Waals surface area contributed by atoms with Gasteiger partial charge in [0.2, 0.25) is 0 Å². The number of carbonyl (C=O) groups is 5. The van der Waals surface area contributed by atoms with Gasteiger partial charge < -0.3 is 85.5 Å². The summed E-state index contributed by atoms with van der Waals surface area (Å²) in [6.07, 6.45) is -13.3. The van der Waals surface area contributed by atoms with Crippen LogP contribution in [-0.2, 0) is 51.2 Å². The molecule has 2 aromatic rings. The number of non-ortho nitro benzene ring substituents is 1. The van der Waals surface area contributed by atoms with Crippen LogP contribution in [0.5, 0.6) is 0 Å². The smallest absolute Gasteiger partial charge is 0.410 e. The molecule has 0 radical (unpaired) electrons. The molecule has 0 aromatic heterocycles. The normalized spacial score (nSPS) is 27.1. The van der Waals surface area contributed by atoms with Gasteiger partial charge in [0.05, 0.1) is 48.8 Å². The van der Waals surface area contributed by atoms with Crippen LogP contribution in [0.2, 0.25) is 0 Å². The summed E-state index contributed by atoms with van der Waals surface area (Å²) in [4.78, 5) is 89.6. The number of hydrogen-bond donors (Lipinski definition) is 9. The van der Waals surface area contributed by atoms with Crippen molar-refractivity contribution in [2.45, 2.75) is 152 Å². The highest BCUT2D eigenvalue weighted by Crippen LogP contribution is 2.39. The first-order valence-corrected chi connectivity index (χ1v) is 23.9. The molecular weight excluding hydrogens is 993 g/mol. The van der Waals surface area contributed by atoms with Crippen LogP contribution in [0.15, 0.2) is 65.5 Å². The Balaban J connectivity index is 1.52. The minimum atomic E-state index is -1.95. The van der Waals surface area contributed by atoms with E-state index in [0.29, 0.717) is 11.1 Å². The van der Waals surface area contributed by atoms with Crippen molar-refractivity contribution in [1.82, 2.24) is 26.2 Å². The summed E-state index contributed by atoms with van der Waals surface area (Å²) < 4.78 is 40.4. The number of nitrogens with one attached hydrogen (secondary N) is 4. The SMILES string of the molecule is CN(C(=O)OC(C)(C)C)[C@@H]1[C@@H](O)[C@@H](O[C@H]2[C@H](NC(=O)[C@H](O)CNC(=O)OC(C)(C)C)C[C@H](NC(=O)OCc3ccc(N=O)cc3)C([C@H]3OC(CN)=CC[C@H]3NC(=O)OCc3ccc([N+](=O)[O-])cc3)[C@@H]2O)OC[C@]1(C)O. The van der Waals surface area contributed by atoms with Crippen molar-refractivity contribution in [1.29, 1.82) is 0 Å². The number of aliphatic hydroxyl groups is 4. The Labute approximate surface area is 431 Å². The lowest BCUT2D eigenvalue weighted by Crippen LogP contribution is -2.71. The van der Waals surface area contributed by atoms with E-state index in [1.165, 1.54) is 62.5 Å². The molecule has 2 fully saturated rings. The lowest BCUT2D eigenvalue weighted by Gasteiger charge is -2.52. The van der Waals surface area contributed by atoms with Crippen molar-refractivity contribution >= 4 is 41.7 Å². The largest absolute Gasteiger partial charge is 0.491 e. The van der Waals surface area contributed by atoms with Crippen molar-refractivity contribution < 1.29 is 82.5 Å². The fraction of sp³-hybridized carbons (Fsp3) is 0.604. The Morgan fingerprint density at radius 3 is 2.00 bits per heavy atom. The van der Waals surface area contributed by atoms with Crippen molar-refractivity contribution in [2.24, 2.45) is 16.8 Å². The number of rotatable bonds is 17. The van der Waals surface area contributed by atoms with Crippen molar-refractivity contribution in [3.05, 3.63) is 86.5 Å². The predicted molar refractivity (Wildman–Crippen MR) is 261 cm³/mol. The summed E-state index contributed by atoms with van der Waals surface area (Å²) >= 11 is 0. The number of nitro benzene ring substituents is 1. The van der Waals surface area contributed by atoms with Crippen LogP contribution < -0.4 is 27.0 Å². The number of nitrogens with two attached hydrogens (primary N) is 1. The van der Waals surface area contributed by atoms with Gasteiger partial charge in [-0.3, -0.25) is 14.9 Å². The third kappa shape index (κ3) is 16.6. The van der Waals surface area contributed by atoms with Crippen molar-refractivity contribution in [3.8, 4) is 0 Å². The van der Waals surface area contributed by atoms with Gasteiger partial charge >= 0.3 is 24.4 Å². The Morgan fingerprint density at radius 2 is 1.45 bits per heavy atom. The van der Waals surface area contributed by atoms with E-state index in [2.05, 4.69) is 26.4 Å². The average Bonchev–Trinajstić information content (AvgIpc) is 3.33. The van der Waals surface area contributed by atoms with Gasteiger partial charge in [0, 0.05) is 31.1 Å². The number of ether oxygens (including phenoxy) is 7. The zero-order valence-electron chi connectivity index (χ0n) is 42.8. The summed E-state index contributed by atoms with van der Waals surface area (Å²) in [5, 5.41) is 71.7. The molecule has 0 bridgehead atoms. The van der Waals surface area contributed by atoms with Crippen molar-refractivity contribution in [2.75, 3.05) is 26.7 Å². The molecule has 27 heteroatoms. The number of nitro groups is 1. The van der Waals surface area contributed by atoms with Crippen LogP contribution in [0.25, 0.3) is 0 Å². The lowest BCUT2D eigenvalue weighted by atomic mass is 9.72. The standard InChI is InChI=1S/C48H68N8O19/c1-46(2,3)74-42(61)50-21-33(57)40(60)51-32-19-31(53-44(63)70-22-25-9-13-27(54-66)14-10-25)34(35(58)38(32)73-41-36(59)39(48(7,65)24-71-41)55(8)45(64)75-47(4,5)6)37-30(18-17-29(20-49)72-37)52-43(62)69-23-26-11-15-28(16-12-26)56(67)68/h9-17,30-39,41,57-59,65H,18-24,49H2,1-8H3,(H,50,61)(H,51,60)(H,52,62)(H,53,63)/t30-,31+,32-,33-,34?,35+,36-,37+,38+,39-,41-,48+/m1/s1. The Bertz CT molecular complexity index is 2360. The molecule has 2 aliphatic heterocycles. The van der Waals surface area contributed by atoms with E-state index in [1.54, 1.807) is 47.6 Å². The zero-order valence-corrected chi connectivity index (χ0v) is 42.8. The highest BCUT2D eigenvalue weighted by molar-refractivity contribution is 5.82. The first kappa shape index (κ1) is 59.1. The number of nitroso groups, excluding NO2 is 1. The molecule has 2 heterocycles. The van der Waals surface area contributed by atoms with Gasteiger partial charge in [0.1, 0.15) is 65.9 Å². The molecule has 2 aromatic carbocycles. The second-order valence-corrected chi connectivity index (χ2v) is 20.5. The van der Waals surface area contributed by atoms with E-state index in [4.69, 9.17) is 38.9 Å². The van der Waals surface area contributed by atoms with Gasteiger partial charge in [-0.2, -0.15) is 0 Å². The molecule has 75 heavy (non-hydrogen) atoms. The molecule has 5 amide bonds. The molecule has 414 valence electrons. The molecule has 3 aliphatic rings. The van der Waals surface area contributed by atoms with Gasteiger partial charge in [0.25, 0.3) is 11.6 Å². The minimum absolute atomic E-state index is 0.0105. The van der Waals surface area contributed by atoms with Crippen LogP contribution in [0.4, 0.5) is 30.6 Å². The maximum absolute atomic E-state index is 13.9. The van der Waals surface area contributed by atoms with Gasteiger partial charge in [0.15, 0.2) is 6.29 Å². The van der Waals surface area contributed by atoms with E-state index in [1.807, 2.05) is 0 Å². The zero-order chi connectivity index (χ0) is 55.6. The predicted octanol–water partition coefficient (Wildman–Crippen LogP) is 2.35. The highest BCUT2D eigenvalue weighted by atomic mass is 16.7. The fourth-order valence-electron chi connectivity index (χ4n) is 8.71. The molecule has 27 nitrogen and oxygen atoms in total. The Hall–Kier alpha value is -6.75. The Kier molecular flexibility index (Phi) is 19.9. The number of amides is 5. The molecule has 0 spiro atoms. The Morgan fingerprint density at radius 1 is 0.880 bits per heavy atom. The second-order valence-electron chi connectivity index (χ2n) is 20.5.